The van der Waals surface area contributed by atoms with E-state index in [1.807, 2.05) is 39.2 Å². The summed E-state index contributed by atoms with van der Waals surface area (Å²) in [6.07, 6.45) is 4.48. The first-order chi connectivity index (χ1) is 11.9. The fraction of sp³-hybridized carbons (Fsp3) is 0.444. The third-order valence-electron chi connectivity index (χ3n) is 4.04. The monoisotopic (exact) mass is 346 g/mol. The van der Waals surface area contributed by atoms with Gasteiger partial charge in [0.05, 0.1) is 26.5 Å². The van der Waals surface area contributed by atoms with Gasteiger partial charge in [0, 0.05) is 19.8 Å². The molecule has 2 amide bonds. The molecule has 0 fully saturated rings. The Morgan fingerprint density at radius 2 is 1.96 bits per heavy atom. The second kappa shape index (κ2) is 8.41. The second-order valence-electron chi connectivity index (χ2n) is 5.96. The van der Waals surface area contributed by atoms with Gasteiger partial charge in [-0.05, 0) is 49.1 Å². The highest BCUT2D eigenvalue weighted by Gasteiger charge is 2.15. The molecule has 136 valence electrons. The number of aromatic nitrogens is 2. The van der Waals surface area contributed by atoms with Crippen LogP contribution >= 0.6 is 0 Å². The van der Waals surface area contributed by atoms with Crippen molar-refractivity contribution >= 4 is 6.03 Å². The Labute approximate surface area is 148 Å². The number of nitrogens with one attached hydrogen (secondary N) is 2. The van der Waals surface area contributed by atoms with E-state index in [0.717, 1.165) is 23.1 Å². The molecule has 7 heteroatoms. The molecule has 0 bridgehead atoms. The number of ether oxygens (including phenoxy) is 2. The molecule has 0 saturated heterocycles. The van der Waals surface area contributed by atoms with E-state index in [1.165, 1.54) is 0 Å². The normalized spacial score (nSPS) is 11.7. The molecule has 1 heterocycles. The zero-order chi connectivity index (χ0) is 18.4. The van der Waals surface area contributed by atoms with Gasteiger partial charge in [0.2, 0.25) is 0 Å². The lowest BCUT2D eigenvalue weighted by molar-refractivity contribution is 0.238. The van der Waals surface area contributed by atoms with Crippen molar-refractivity contribution < 1.29 is 14.3 Å². The van der Waals surface area contributed by atoms with Crippen LogP contribution in [0.1, 0.15) is 29.7 Å². The summed E-state index contributed by atoms with van der Waals surface area (Å²) in [7, 11) is 5.07. The number of carbonyl (C=O) groups excluding carboxylic acids is 1. The fourth-order valence-corrected chi connectivity index (χ4v) is 2.71. The van der Waals surface area contributed by atoms with Crippen molar-refractivity contribution in [3.8, 4) is 11.5 Å². The summed E-state index contributed by atoms with van der Waals surface area (Å²) in [6.45, 7) is 4.47. The van der Waals surface area contributed by atoms with Gasteiger partial charge in [-0.2, -0.15) is 5.10 Å². The maximum Gasteiger partial charge on any atom is 0.315 e. The summed E-state index contributed by atoms with van der Waals surface area (Å²) in [5.74, 6) is 1.32. The van der Waals surface area contributed by atoms with E-state index in [1.54, 1.807) is 25.1 Å². The molecule has 0 aliphatic rings. The molecule has 0 saturated carbocycles. The van der Waals surface area contributed by atoms with Crippen molar-refractivity contribution in [3.63, 3.8) is 0 Å². The quantitative estimate of drug-likeness (QED) is 0.807. The summed E-state index contributed by atoms with van der Waals surface area (Å²) in [6, 6.07) is 3.45. The van der Waals surface area contributed by atoms with E-state index < -0.39 is 0 Å². The zero-order valence-corrected chi connectivity index (χ0v) is 15.4. The summed E-state index contributed by atoms with van der Waals surface area (Å²) >= 11 is 0. The third-order valence-corrected chi connectivity index (χ3v) is 4.04. The van der Waals surface area contributed by atoms with Gasteiger partial charge >= 0.3 is 6.03 Å². The molecule has 0 unspecified atom stereocenters. The average molecular weight is 346 g/mol. The molecule has 1 aromatic carbocycles. The molecule has 2 rings (SSSR count). The predicted molar refractivity (Wildman–Crippen MR) is 96.1 cm³/mol. The van der Waals surface area contributed by atoms with E-state index in [2.05, 4.69) is 15.7 Å². The van der Waals surface area contributed by atoms with Crippen LogP contribution in [-0.2, 0) is 13.5 Å². The number of rotatable bonds is 7. The molecule has 0 aliphatic heterocycles. The number of hydrogen-bond donors (Lipinski definition) is 2. The van der Waals surface area contributed by atoms with Crippen molar-refractivity contribution in [2.24, 2.45) is 7.05 Å². The summed E-state index contributed by atoms with van der Waals surface area (Å²) in [5, 5.41) is 9.93. The van der Waals surface area contributed by atoms with E-state index in [9.17, 15) is 4.79 Å². The van der Waals surface area contributed by atoms with Gasteiger partial charge in [-0.25, -0.2) is 4.79 Å². The number of benzene rings is 1. The van der Waals surface area contributed by atoms with Crippen LogP contribution in [0.15, 0.2) is 24.5 Å². The molecule has 25 heavy (non-hydrogen) atoms. The third kappa shape index (κ3) is 4.89. The van der Waals surface area contributed by atoms with Crippen LogP contribution in [0.2, 0.25) is 0 Å². The van der Waals surface area contributed by atoms with E-state index in [4.69, 9.17) is 9.47 Å². The standard InChI is InChI=1S/C18H26N4O3/c1-12-8-16(24-4)17(25-5)9-15(12)13(2)21-18(23)19-7-6-14-10-20-22(3)11-14/h8-11,13H,6-7H2,1-5H3,(H2,19,21,23)/t13-/m0/s1. The van der Waals surface area contributed by atoms with Gasteiger partial charge in [-0.1, -0.05) is 0 Å². The Bertz CT molecular complexity index is 727. The smallest absolute Gasteiger partial charge is 0.315 e. The maximum atomic E-state index is 12.1. The lowest BCUT2D eigenvalue weighted by atomic mass is 10.0. The van der Waals surface area contributed by atoms with Gasteiger partial charge in [-0.3, -0.25) is 4.68 Å². The molecular formula is C18H26N4O3. The SMILES string of the molecule is COc1cc(C)c([C@H](C)NC(=O)NCCc2cnn(C)c2)cc1OC. The lowest BCUT2D eigenvalue weighted by Crippen LogP contribution is -2.38. The number of amides is 2. The lowest BCUT2D eigenvalue weighted by Gasteiger charge is -2.19. The van der Waals surface area contributed by atoms with E-state index in [0.29, 0.717) is 18.0 Å². The van der Waals surface area contributed by atoms with Crippen molar-refractivity contribution in [3.05, 3.63) is 41.2 Å². The summed E-state index contributed by atoms with van der Waals surface area (Å²) in [5.41, 5.74) is 3.10. The Morgan fingerprint density at radius 1 is 1.28 bits per heavy atom. The van der Waals surface area contributed by atoms with Crippen molar-refractivity contribution in [2.75, 3.05) is 20.8 Å². The van der Waals surface area contributed by atoms with E-state index >= 15 is 0 Å². The minimum atomic E-state index is -0.203. The van der Waals surface area contributed by atoms with Crippen LogP contribution < -0.4 is 20.1 Å². The average Bonchev–Trinajstić information content (AvgIpc) is 2.99. The first kappa shape index (κ1) is 18.6. The molecule has 0 aliphatic carbocycles. The molecule has 0 spiro atoms. The fourth-order valence-electron chi connectivity index (χ4n) is 2.71. The Hall–Kier alpha value is -2.70. The minimum Gasteiger partial charge on any atom is -0.493 e. The molecule has 7 nitrogen and oxygen atoms in total. The Kier molecular flexibility index (Phi) is 6.27. The Morgan fingerprint density at radius 3 is 2.56 bits per heavy atom. The number of urea groups is 1. The second-order valence-corrected chi connectivity index (χ2v) is 5.96. The highest BCUT2D eigenvalue weighted by Crippen LogP contribution is 2.32. The van der Waals surface area contributed by atoms with Gasteiger partial charge in [0.15, 0.2) is 11.5 Å². The first-order valence-corrected chi connectivity index (χ1v) is 8.19. The van der Waals surface area contributed by atoms with Crippen LogP contribution in [0.25, 0.3) is 0 Å². The van der Waals surface area contributed by atoms with Crippen LogP contribution in [0.4, 0.5) is 4.79 Å². The highest BCUT2D eigenvalue weighted by atomic mass is 16.5. The molecule has 2 N–H and O–H groups in total. The number of carbonyl (C=O) groups is 1. The molecule has 1 aromatic heterocycles. The van der Waals surface area contributed by atoms with Crippen LogP contribution in [0.3, 0.4) is 0 Å². The minimum absolute atomic E-state index is 0.154. The Balaban J connectivity index is 1.92. The molecule has 2 aromatic rings. The van der Waals surface area contributed by atoms with Crippen molar-refractivity contribution in [2.45, 2.75) is 26.3 Å². The number of methoxy groups -OCH3 is 2. The van der Waals surface area contributed by atoms with Crippen molar-refractivity contribution in [1.82, 2.24) is 20.4 Å². The largest absolute Gasteiger partial charge is 0.493 e. The van der Waals surface area contributed by atoms with Gasteiger partial charge in [0.25, 0.3) is 0 Å². The van der Waals surface area contributed by atoms with Crippen LogP contribution in [0, 0.1) is 6.92 Å². The predicted octanol–water partition coefficient (Wildman–Crippen LogP) is 2.35. The van der Waals surface area contributed by atoms with Gasteiger partial charge in [0.1, 0.15) is 0 Å². The molecular weight excluding hydrogens is 320 g/mol. The topological polar surface area (TPSA) is 77.4 Å². The molecule has 0 radical (unpaired) electrons. The first-order valence-electron chi connectivity index (χ1n) is 8.19. The number of aryl methyl sites for hydroxylation is 2. The van der Waals surface area contributed by atoms with Gasteiger partial charge in [-0.15, -0.1) is 0 Å². The maximum absolute atomic E-state index is 12.1. The summed E-state index contributed by atoms with van der Waals surface area (Å²) < 4.78 is 12.4. The summed E-state index contributed by atoms with van der Waals surface area (Å²) in [4.78, 5) is 12.1. The zero-order valence-electron chi connectivity index (χ0n) is 15.4. The van der Waals surface area contributed by atoms with Crippen LogP contribution in [-0.4, -0.2) is 36.6 Å². The molecule has 1 atom stereocenters. The number of nitrogens with zero attached hydrogens (tertiary/aromatic N) is 2. The number of hydrogen-bond acceptors (Lipinski definition) is 4. The van der Waals surface area contributed by atoms with Crippen molar-refractivity contribution in [1.29, 1.82) is 0 Å². The van der Waals surface area contributed by atoms with Gasteiger partial charge < -0.3 is 20.1 Å². The van der Waals surface area contributed by atoms with Crippen LogP contribution in [0.5, 0.6) is 11.5 Å². The van der Waals surface area contributed by atoms with E-state index in [-0.39, 0.29) is 12.1 Å². The highest BCUT2D eigenvalue weighted by molar-refractivity contribution is 5.74.